The standard InChI is InChI=1S/C16H14FNO2/c1-11-7-12(8-18)5-6-14(11)10-20-16-13(9-19)3-2-4-15(16)17/h2-7,19H,9-10H2,1H3. The fourth-order valence-corrected chi connectivity index (χ4v) is 1.92. The van der Waals surface area contributed by atoms with Crippen LogP contribution in [0.15, 0.2) is 36.4 Å². The number of nitrogens with zero attached hydrogens (tertiary/aromatic N) is 1. The minimum absolute atomic E-state index is 0.0683. The number of halogens is 1. The average molecular weight is 271 g/mol. The van der Waals surface area contributed by atoms with Crippen molar-refractivity contribution in [1.82, 2.24) is 0 Å². The van der Waals surface area contributed by atoms with Crippen molar-refractivity contribution < 1.29 is 14.2 Å². The van der Waals surface area contributed by atoms with Crippen LogP contribution < -0.4 is 4.74 Å². The van der Waals surface area contributed by atoms with Gasteiger partial charge in [0.05, 0.1) is 18.2 Å². The Morgan fingerprint density at radius 2 is 2.05 bits per heavy atom. The summed E-state index contributed by atoms with van der Waals surface area (Å²) in [4.78, 5) is 0. The first-order chi connectivity index (χ1) is 9.65. The third-order valence-electron chi connectivity index (χ3n) is 3.06. The highest BCUT2D eigenvalue weighted by Crippen LogP contribution is 2.24. The second kappa shape index (κ2) is 6.18. The Bertz CT molecular complexity index is 662. The van der Waals surface area contributed by atoms with Crippen LogP contribution in [0.25, 0.3) is 0 Å². The van der Waals surface area contributed by atoms with Gasteiger partial charge in [0.15, 0.2) is 11.6 Å². The molecule has 0 saturated carbocycles. The maximum atomic E-state index is 13.7. The molecule has 0 atom stereocenters. The van der Waals surface area contributed by atoms with Gasteiger partial charge in [0.25, 0.3) is 0 Å². The summed E-state index contributed by atoms with van der Waals surface area (Å²) in [6.45, 7) is 1.78. The summed E-state index contributed by atoms with van der Waals surface area (Å²) in [5, 5.41) is 18.0. The fourth-order valence-electron chi connectivity index (χ4n) is 1.92. The second-order valence-corrected chi connectivity index (χ2v) is 4.43. The van der Waals surface area contributed by atoms with Gasteiger partial charge in [-0.2, -0.15) is 5.26 Å². The quantitative estimate of drug-likeness (QED) is 0.929. The summed E-state index contributed by atoms with van der Waals surface area (Å²) in [7, 11) is 0. The molecule has 3 nitrogen and oxygen atoms in total. The largest absolute Gasteiger partial charge is 0.485 e. The maximum Gasteiger partial charge on any atom is 0.165 e. The van der Waals surface area contributed by atoms with Crippen LogP contribution in [0.4, 0.5) is 4.39 Å². The number of aryl methyl sites for hydroxylation is 1. The maximum absolute atomic E-state index is 13.7. The lowest BCUT2D eigenvalue weighted by Crippen LogP contribution is -2.02. The second-order valence-electron chi connectivity index (χ2n) is 4.43. The van der Waals surface area contributed by atoms with Gasteiger partial charge in [-0.05, 0) is 36.2 Å². The molecule has 0 aliphatic heterocycles. The SMILES string of the molecule is Cc1cc(C#N)ccc1COc1c(F)cccc1CO. The van der Waals surface area contributed by atoms with Crippen LogP contribution in [0.5, 0.6) is 5.75 Å². The van der Waals surface area contributed by atoms with Crippen molar-refractivity contribution in [2.45, 2.75) is 20.1 Å². The van der Waals surface area contributed by atoms with E-state index in [-0.39, 0.29) is 19.0 Å². The third kappa shape index (κ3) is 2.95. The zero-order valence-electron chi connectivity index (χ0n) is 11.1. The number of aliphatic hydroxyl groups is 1. The van der Waals surface area contributed by atoms with Gasteiger partial charge in [-0.1, -0.05) is 18.2 Å². The van der Waals surface area contributed by atoms with E-state index < -0.39 is 5.82 Å². The first kappa shape index (κ1) is 14.0. The highest BCUT2D eigenvalue weighted by Gasteiger charge is 2.10. The van der Waals surface area contributed by atoms with Crippen LogP contribution in [0.1, 0.15) is 22.3 Å². The van der Waals surface area contributed by atoms with Crippen molar-refractivity contribution in [2.24, 2.45) is 0 Å². The Morgan fingerprint density at radius 3 is 2.70 bits per heavy atom. The molecule has 1 N–H and O–H groups in total. The lowest BCUT2D eigenvalue weighted by atomic mass is 10.1. The summed E-state index contributed by atoms with van der Waals surface area (Å²) >= 11 is 0. The van der Waals surface area contributed by atoms with Crippen molar-refractivity contribution in [2.75, 3.05) is 0 Å². The van der Waals surface area contributed by atoms with Gasteiger partial charge in [0.1, 0.15) is 6.61 Å². The number of para-hydroxylation sites is 1. The highest BCUT2D eigenvalue weighted by atomic mass is 19.1. The van der Waals surface area contributed by atoms with Crippen molar-refractivity contribution in [3.05, 3.63) is 64.5 Å². The summed E-state index contributed by atoms with van der Waals surface area (Å²) in [6, 6.07) is 11.7. The van der Waals surface area contributed by atoms with Gasteiger partial charge in [0, 0.05) is 5.56 Å². The fraction of sp³-hybridized carbons (Fsp3) is 0.188. The minimum atomic E-state index is -0.497. The van der Waals surface area contributed by atoms with Gasteiger partial charge >= 0.3 is 0 Å². The molecule has 20 heavy (non-hydrogen) atoms. The molecule has 0 radical (unpaired) electrons. The monoisotopic (exact) mass is 271 g/mol. The van der Waals surface area contributed by atoms with E-state index in [2.05, 4.69) is 6.07 Å². The van der Waals surface area contributed by atoms with Crippen molar-refractivity contribution >= 4 is 0 Å². The molecule has 0 bridgehead atoms. The molecule has 0 fully saturated rings. The molecule has 0 aliphatic carbocycles. The Morgan fingerprint density at radius 1 is 1.25 bits per heavy atom. The Hall–Kier alpha value is -2.38. The van der Waals surface area contributed by atoms with Gasteiger partial charge in [-0.15, -0.1) is 0 Å². The number of hydrogen-bond donors (Lipinski definition) is 1. The normalized spacial score (nSPS) is 10.1. The summed E-state index contributed by atoms with van der Waals surface area (Å²) < 4.78 is 19.2. The molecule has 0 saturated heterocycles. The highest BCUT2D eigenvalue weighted by molar-refractivity contribution is 5.38. The Balaban J connectivity index is 2.19. The number of aliphatic hydroxyl groups excluding tert-OH is 1. The van der Waals surface area contributed by atoms with Crippen LogP contribution in [-0.2, 0) is 13.2 Å². The molecule has 2 rings (SSSR count). The van der Waals surface area contributed by atoms with E-state index in [0.717, 1.165) is 11.1 Å². The molecule has 0 amide bonds. The van der Waals surface area contributed by atoms with E-state index in [4.69, 9.17) is 10.00 Å². The van der Waals surface area contributed by atoms with E-state index >= 15 is 0 Å². The lowest BCUT2D eigenvalue weighted by molar-refractivity contribution is 0.251. The molecular formula is C16H14FNO2. The average Bonchev–Trinajstić information content (AvgIpc) is 2.46. The van der Waals surface area contributed by atoms with Crippen molar-refractivity contribution in [3.8, 4) is 11.8 Å². The first-order valence-electron chi connectivity index (χ1n) is 6.16. The predicted octanol–water partition coefficient (Wildman–Crippen LogP) is 3.08. The zero-order chi connectivity index (χ0) is 14.5. The smallest absolute Gasteiger partial charge is 0.165 e. The molecule has 4 heteroatoms. The number of rotatable bonds is 4. The first-order valence-corrected chi connectivity index (χ1v) is 6.16. The van der Waals surface area contributed by atoms with Crippen LogP contribution in [0.3, 0.4) is 0 Å². The summed E-state index contributed by atoms with van der Waals surface area (Å²) in [6.07, 6.45) is 0. The molecule has 2 aromatic carbocycles. The van der Waals surface area contributed by atoms with Gasteiger partial charge in [-0.25, -0.2) is 4.39 Å². The molecule has 0 spiro atoms. The van der Waals surface area contributed by atoms with Crippen LogP contribution in [0, 0.1) is 24.1 Å². The van der Waals surface area contributed by atoms with E-state index in [0.29, 0.717) is 11.1 Å². The predicted molar refractivity (Wildman–Crippen MR) is 72.5 cm³/mol. The Kier molecular flexibility index (Phi) is 4.34. The number of hydrogen-bond acceptors (Lipinski definition) is 3. The zero-order valence-corrected chi connectivity index (χ0v) is 11.1. The van der Waals surface area contributed by atoms with E-state index in [1.165, 1.54) is 12.1 Å². The molecule has 2 aromatic rings. The molecule has 0 heterocycles. The van der Waals surface area contributed by atoms with E-state index in [9.17, 15) is 9.50 Å². The Labute approximate surface area is 116 Å². The molecular weight excluding hydrogens is 257 g/mol. The number of ether oxygens (including phenoxy) is 1. The lowest BCUT2D eigenvalue weighted by Gasteiger charge is -2.12. The van der Waals surface area contributed by atoms with Crippen LogP contribution in [-0.4, -0.2) is 5.11 Å². The third-order valence-corrected chi connectivity index (χ3v) is 3.06. The van der Waals surface area contributed by atoms with Crippen LogP contribution in [0.2, 0.25) is 0 Å². The summed E-state index contributed by atoms with van der Waals surface area (Å²) in [5.74, 6) is -0.429. The van der Waals surface area contributed by atoms with Gasteiger partial charge in [0.2, 0.25) is 0 Å². The molecule has 102 valence electrons. The van der Waals surface area contributed by atoms with E-state index in [1.54, 1.807) is 24.3 Å². The van der Waals surface area contributed by atoms with Gasteiger partial charge in [-0.3, -0.25) is 0 Å². The molecule has 0 unspecified atom stereocenters. The van der Waals surface area contributed by atoms with Crippen molar-refractivity contribution in [3.63, 3.8) is 0 Å². The molecule has 0 aliphatic rings. The molecule has 0 aromatic heterocycles. The number of benzene rings is 2. The van der Waals surface area contributed by atoms with Crippen molar-refractivity contribution in [1.29, 1.82) is 5.26 Å². The van der Waals surface area contributed by atoms with Gasteiger partial charge < -0.3 is 9.84 Å². The van der Waals surface area contributed by atoms with Crippen LogP contribution >= 0.6 is 0 Å². The van der Waals surface area contributed by atoms with E-state index in [1.807, 2.05) is 6.92 Å². The number of nitriles is 1. The minimum Gasteiger partial charge on any atom is -0.485 e. The topological polar surface area (TPSA) is 53.2 Å². The summed E-state index contributed by atoms with van der Waals surface area (Å²) in [5.41, 5.74) is 2.77.